The van der Waals surface area contributed by atoms with Crippen molar-refractivity contribution in [3.63, 3.8) is 0 Å². The largest absolute Gasteiger partial charge is 0.326 e. The highest BCUT2D eigenvalue weighted by Gasteiger charge is 2.29. The van der Waals surface area contributed by atoms with Gasteiger partial charge in [-0.3, -0.25) is 35.3 Å². The minimum absolute atomic E-state index is 0.0254. The number of hydrogen-bond acceptors (Lipinski definition) is 5. The second-order valence-electron chi connectivity index (χ2n) is 6.05. The van der Waals surface area contributed by atoms with Crippen molar-refractivity contribution >= 4 is 29.1 Å². The van der Waals surface area contributed by atoms with E-state index in [2.05, 4.69) is 16.2 Å². The van der Waals surface area contributed by atoms with E-state index in [-0.39, 0.29) is 23.1 Å². The standard InChI is InChI=1S/C18H16N4O5/c23-16(11-1-2-11)19-14-7-3-12(4-8-14)17(24)20-21-18(25)13-5-9-15(10-6-13)22(26)27/h3-11H,1-2H2,(H,19,23)(H,20,24)(H,21,25). The maximum atomic E-state index is 12.1. The molecule has 9 nitrogen and oxygen atoms in total. The fourth-order valence-electron chi connectivity index (χ4n) is 2.29. The van der Waals surface area contributed by atoms with Crippen molar-refractivity contribution in [2.45, 2.75) is 12.8 Å². The van der Waals surface area contributed by atoms with Crippen LogP contribution < -0.4 is 16.2 Å². The molecule has 9 heteroatoms. The fourth-order valence-corrected chi connectivity index (χ4v) is 2.29. The third-order valence-electron chi connectivity index (χ3n) is 3.99. The SMILES string of the molecule is O=C(NNC(=O)c1ccc([N+](=O)[O-])cc1)c1ccc(NC(=O)C2CC2)cc1. The number of benzene rings is 2. The topological polar surface area (TPSA) is 130 Å². The molecule has 0 unspecified atom stereocenters. The molecule has 3 rings (SSSR count). The van der Waals surface area contributed by atoms with E-state index >= 15 is 0 Å². The molecule has 0 aliphatic heterocycles. The van der Waals surface area contributed by atoms with Gasteiger partial charge in [0.2, 0.25) is 5.91 Å². The van der Waals surface area contributed by atoms with Crippen molar-refractivity contribution in [3.05, 3.63) is 69.8 Å². The molecule has 3 N–H and O–H groups in total. The van der Waals surface area contributed by atoms with Crippen molar-refractivity contribution in [3.8, 4) is 0 Å². The predicted molar refractivity (Wildman–Crippen MR) is 95.8 cm³/mol. The van der Waals surface area contributed by atoms with Crippen molar-refractivity contribution in [1.82, 2.24) is 10.9 Å². The first-order chi connectivity index (χ1) is 12.9. The van der Waals surface area contributed by atoms with Crippen molar-refractivity contribution < 1.29 is 19.3 Å². The van der Waals surface area contributed by atoms with E-state index in [9.17, 15) is 24.5 Å². The minimum Gasteiger partial charge on any atom is -0.326 e. The number of rotatable bonds is 5. The van der Waals surface area contributed by atoms with Crippen molar-refractivity contribution in [2.75, 3.05) is 5.32 Å². The predicted octanol–water partition coefficient (Wildman–Crippen LogP) is 2.02. The molecule has 0 atom stereocenters. The second kappa shape index (κ2) is 7.65. The van der Waals surface area contributed by atoms with Crippen LogP contribution in [0, 0.1) is 16.0 Å². The number of anilines is 1. The molecule has 0 spiro atoms. The number of hydrogen-bond donors (Lipinski definition) is 3. The summed E-state index contributed by atoms with van der Waals surface area (Å²) in [5.74, 6) is -1.08. The van der Waals surface area contributed by atoms with Crippen molar-refractivity contribution in [2.24, 2.45) is 5.92 Å². The first kappa shape index (κ1) is 18.1. The van der Waals surface area contributed by atoms with Crippen LogP contribution in [0.3, 0.4) is 0 Å². The van der Waals surface area contributed by atoms with E-state index < -0.39 is 16.7 Å². The summed E-state index contributed by atoms with van der Waals surface area (Å²) in [7, 11) is 0. The molecule has 3 amide bonds. The molecule has 0 saturated heterocycles. The summed E-state index contributed by atoms with van der Waals surface area (Å²) in [4.78, 5) is 45.8. The Labute approximate surface area is 153 Å². The summed E-state index contributed by atoms with van der Waals surface area (Å²) >= 11 is 0. The van der Waals surface area contributed by atoms with E-state index in [0.717, 1.165) is 12.8 Å². The van der Waals surface area contributed by atoms with E-state index in [1.54, 1.807) is 12.1 Å². The number of non-ortho nitro benzene ring substituents is 1. The number of nitro benzene ring substituents is 1. The molecule has 138 valence electrons. The lowest BCUT2D eigenvalue weighted by Crippen LogP contribution is -2.41. The Hall–Kier alpha value is -3.75. The summed E-state index contributed by atoms with van der Waals surface area (Å²) < 4.78 is 0. The Kier molecular flexibility index (Phi) is 5.11. The van der Waals surface area contributed by atoms with Crippen LogP contribution in [0.5, 0.6) is 0 Å². The maximum Gasteiger partial charge on any atom is 0.269 e. The number of nitro groups is 1. The molecule has 1 aliphatic rings. The van der Waals surface area contributed by atoms with E-state index in [1.807, 2.05) is 0 Å². The Morgan fingerprint density at radius 2 is 1.33 bits per heavy atom. The quantitative estimate of drug-likeness (QED) is 0.549. The summed E-state index contributed by atoms with van der Waals surface area (Å²) in [6.07, 6.45) is 1.81. The maximum absolute atomic E-state index is 12.1. The smallest absolute Gasteiger partial charge is 0.269 e. The molecule has 0 bridgehead atoms. The van der Waals surface area contributed by atoms with Gasteiger partial charge < -0.3 is 5.32 Å². The normalized spacial score (nSPS) is 12.7. The first-order valence-corrected chi connectivity index (χ1v) is 8.20. The molecular formula is C18H16N4O5. The highest BCUT2D eigenvalue weighted by Crippen LogP contribution is 2.30. The van der Waals surface area contributed by atoms with Crippen LogP contribution in [-0.4, -0.2) is 22.6 Å². The molecule has 2 aromatic carbocycles. The summed E-state index contributed by atoms with van der Waals surface area (Å²) in [6, 6.07) is 11.2. The molecule has 0 aromatic heterocycles. The number of amides is 3. The van der Waals surface area contributed by atoms with Gasteiger partial charge in [-0.2, -0.15) is 0 Å². The van der Waals surface area contributed by atoms with Gasteiger partial charge >= 0.3 is 0 Å². The van der Waals surface area contributed by atoms with Gasteiger partial charge in [0.15, 0.2) is 0 Å². The van der Waals surface area contributed by atoms with E-state index in [1.165, 1.54) is 36.4 Å². The first-order valence-electron chi connectivity index (χ1n) is 8.20. The van der Waals surface area contributed by atoms with Crippen LogP contribution in [0.15, 0.2) is 48.5 Å². The molecular weight excluding hydrogens is 352 g/mol. The van der Waals surface area contributed by atoms with Crippen LogP contribution in [0.1, 0.15) is 33.6 Å². The number of hydrazine groups is 1. The third kappa shape index (κ3) is 4.66. The average molecular weight is 368 g/mol. The van der Waals surface area contributed by atoms with Crippen LogP contribution in [0.4, 0.5) is 11.4 Å². The minimum atomic E-state index is -0.605. The number of carbonyl (C=O) groups is 3. The molecule has 27 heavy (non-hydrogen) atoms. The zero-order chi connectivity index (χ0) is 19.4. The number of carbonyl (C=O) groups excluding carboxylic acids is 3. The van der Waals surface area contributed by atoms with Crippen LogP contribution in [-0.2, 0) is 4.79 Å². The van der Waals surface area contributed by atoms with Gasteiger partial charge in [-0.1, -0.05) is 0 Å². The van der Waals surface area contributed by atoms with E-state index in [0.29, 0.717) is 11.3 Å². The lowest BCUT2D eigenvalue weighted by Gasteiger charge is -2.08. The molecule has 1 aliphatic carbocycles. The summed E-state index contributed by atoms with van der Waals surface area (Å²) in [6.45, 7) is 0. The number of nitrogens with zero attached hydrogens (tertiary/aromatic N) is 1. The average Bonchev–Trinajstić information content (AvgIpc) is 3.52. The lowest BCUT2D eigenvalue weighted by atomic mass is 10.2. The van der Waals surface area contributed by atoms with E-state index in [4.69, 9.17) is 0 Å². The Morgan fingerprint density at radius 1 is 0.852 bits per heavy atom. The molecule has 1 saturated carbocycles. The Balaban J connectivity index is 1.52. The zero-order valence-corrected chi connectivity index (χ0v) is 14.1. The molecule has 1 fully saturated rings. The van der Waals surface area contributed by atoms with Gasteiger partial charge in [-0.15, -0.1) is 0 Å². The van der Waals surface area contributed by atoms with Gasteiger partial charge in [-0.05, 0) is 49.2 Å². The fraction of sp³-hybridized carbons (Fsp3) is 0.167. The van der Waals surface area contributed by atoms with Crippen molar-refractivity contribution in [1.29, 1.82) is 0 Å². The zero-order valence-electron chi connectivity index (χ0n) is 14.1. The van der Waals surface area contributed by atoms with Crippen LogP contribution in [0.25, 0.3) is 0 Å². The van der Waals surface area contributed by atoms with Gasteiger partial charge in [0, 0.05) is 34.9 Å². The molecule has 0 radical (unpaired) electrons. The van der Waals surface area contributed by atoms with Crippen LogP contribution in [0.2, 0.25) is 0 Å². The Morgan fingerprint density at radius 3 is 1.78 bits per heavy atom. The van der Waals surface area contributed by atoms with Gasteiger partial charge in [0.25, 0.3) is 17.5 Å². The van der Waals surface area contributed by atoms with Gasteiger partial charge in [0.1, 0.15) is 0 Å². The molecule has 2 aromatic rings. The highest BCUT2D eigenvalue weighted by atomic mass is 16.6. The molecule has 0 heterocycles. The summed E-state index contributed by atoms with van der Waals surface area (Å²) in [5.41, 5.74) is 5.42. The van der Waals surface area contributed by atoms with Crippen LogP contribution >= 0.6 is 0 Å². The monoisotopic (exact) mass is 368 g/mol. The lowest BCUT2D eigenvalue weighted by molar-refractivity contribution is -0.384. The summed E-state index contributed by atoms with van der Waals surface area (Å²) in [5, 5.41) is 13.4. The van der Waals surface area contributed by atoms with Gasteiger partial charge in [-0.25, -0.2) is 0 Å². The highest BCUT2D eigenvalue weighted by molar-refractivity contribution is 5.99. The number of nitrogens with one attached hydrogen (secondary N) is 3. The third-order valence-corrected chi connectivity index (χ3v) is 3.99. The Bertz CT molecular complexity index is 889. The van der Waals surface area contributed by atoms with Gasteiger partial charge in [0.05, 0.1) is 4.92 Å². The second-order valence-corrected chi connectivity index (χ2v) is 6.05.